The summed E-state index contributed by atoms with van der Waals surface area (Å²) in [4.78, 5) is 65.6. The topological polar surface area (TPSA) is 185 Å². The molecular weight excluding hydrogens is 546 g/mol. The van der Waals surface area contributed by atoms with Gasteiger partial charge in [0.05, 0.1) is 24.7 Å². The minimum Gasteiger partial charge on any atom is -0.481 e. The van der Waals surface area contributed by atoms with Gasteiger partial charge in [0.2, 0.25) is 11.9 Å². The SMILES string of the molecule is CC(C)(C)OC(=O)NC(=Nc1cccc(C(=O)NCNC(=O)C(CC(=O)O)c2ccccc2)c1)NC(=O)OC(C)(C)C. The Bertz CT molecular complexity index is 1280. The quantitative estimate of drug-likeness (QED) is 0.177. The Hall–Kier alpha value is -4.94. The highest BCUT2D eigenvalue weighted by atomic mass is 16.6. The molecule has 0 radical (unpaired) electrons. The molecule has 0 spiro atoms. The third-order valence-electron chi connectivity index (χ3n) is 5.00. The van der Waals surface area contributed by atoms with Crippen molar-refractivity contribution in [3.05, 3.63) is 65.7 Å². The van der Waals surface area contributed by atoms with Crippen LogP contribution in [0, 0.1) is 0 Å². The van der Waals surface area contributed by atoms with Gasteiger partial charge in [-0.15, -0.1) is 0 Å². The van der Waals surface area contributed by atoms with Crippen molar-refractivity contribution < 1.29 is 38.6 Å². The monoisotopic (exact) mass is 583 g/mol. The zero-order chi connectivity index (χ0) is 31.5. The second kappa shape index (κ2) is 14.6. The van der Waals surface area contributed by atoms with Crippen LogP contribution in [-0.2, 0) is 19.1 Å². The lowest BCUT2D eigenvalue weighted by Crippen LogP contribution is -2.47. The molecule has 13 nitrogen and oxygen atoms in total. The van der Waals surface area contributed by atoms with Gasteiger partial charge in [0, 0.05) is 5.56 Å². The number of carbonyl (C=O) groups is 5. The second-order valence-corrected chi connectivity index (χ2v) is 11.0. The van der Waals surface area contributed by atoms with Crippen LogP contribution in [0.2, 0.25) is 0 Å². The van der Waals surface area contributed by atoms with E-state index in [1.54, 1.807) is 71.9 Å². The van der Waals surface area contributed by atoms with Crippen LogP contribution < -0.4 is 21.3 Å². The predicted octanol–water partition coefficient (Wildman–Crippen LogP) is 3.79. The fraction of sp³-hybridized carbons (Fsp3) is 0.379. The summed E-state index contributed by atoms with van der Waals surface area (Å²) >= 11 is 0. The Morgan fingerprint density at radius 3 is 1.90 bits per heavy atom. The van der Waals surface area contributed by atoms with Gasteiger partial charge < -0.3 is 25.2 Å². The molecule has 226 valence electrons. The zero-order valence-corrected chi connectivity index (χ0v) is 24.4. The molecule has 5 N–H and O–H groups in total. The van der Waals surface area contributed by atoms with E-state index in [0.29, 0.717) is 5.56 Å². The number of amides is 4. The van der Waals surface area contributed by atoms with E-state index < -0.39 is 53.5 Å². The Balaban J connectivity index is 2.14. The van der Waals surface area contributed by atoms with Gasteiger partial charge in [-0.25, -0.2) is 14.6 Å². The Labute approximate surface area is 244 Å². The molecule has 0 fully saturated rings. The van der Waals surface area contributed by atoms with E-state index in [2.05, 4.69) is 26.3 Å². The maximum Gasteiger partial charge on any atom is 0.414 e. The molecule has 0 aliphatic carbocycles. The molecule has 1 unspecified atom stereocenters. The maximum atomic E-state index is 12.8. The molecule has 0 aromatic heterocycles. The lowest BCUT2D eigenvalue weighted by atomic mass is 9.95. The predicted molar refractivity (Wildman–Crippen MR) is 154 cm³/mol. The van der Waals surface area contributed by atoms with Gasteiger partial charge in [-0.05, 0) is 65.3 Å². The number of rotatable bonds is 8. The van der Waals surface area contributed by atoms with Gasteiger partial charge in [-0.2, -0.15) is 0 Å². The lowest BCUT2D eigenvalue weighted by Gasteiger charge is -2.22. The van der Waals surface area contributed by atoms with Crippen molar-refractivity contribution in [3.63, 3.8) is 0 Å². The van der Waals surface area contributed by atoms with Crippen molar-refractivity contribution >= 4 is 41.6 Å². The smallest absolute Gasteiger partial charge is 0.414 e. The first kappa shape index (κ1) is 33.3. The van der Waals surface area contributed by atoms with Crippen LogP contribution in [0.4, 0.5) is 15.3 Å². The Kier molecular flexibility index (Phi) is 11.6. The average Bonchev–Trinajstić information content (AvgIpc) is 2.85. The van der Waals surface area contributed by atoms with Crippen LogP contribution in [0.5, 0.6) is 0 Å². The van der Waals surface area contributed by atoms with Crippen molar-refractivity contribution in [2.45, 2.75) is 65.1 Å². The molecule has 2 rings (SSSR count). The number of carboxylic acids is 1. The molecular formula is C29H37N5O8. The molecule has 1 atom stereocenters. The van der Waals surface area contributed by atoms with Crippen molar-refractivity contribution in [1.29, 1.82) is 0 Å². The maximum absolute atomic E-state index is 12.8. The average molecular weight is 584 g/mol. The summed E-state index contributed by atoms with van der Waals surface area (Å²) in [5.74, 6) is -3.50. The largest absolute Gasteiger partial charge is 0.481 e. The fourth-order valence-electron chi connectivity index (χ4n) is 3.39. The van der Waals surface area contributed by atoms with E-state index in [9.17, 15) is 29.1 Å². The number of aliphatic imine (C=N–C) groups is 1. The molecule has 2 aromatic rings. The molecule has 0 saturated heterocycles. The van der Waals surface area contributed by atoms with Crippen molar-refractivity contribution in [2.75, 3.05) is 6.67 Å². The number of nitrogens with zero attached hydrogens (tertiary/aromatic N) is 1. The van der Waals surface area contributed by atoms with Gasteiger partial charge in [0.1, 0.15) is 11.2 Å². The van der Waals surface area contributed by atoms with Crippen LogP contribution in [0.1, 0.15) is 69.8 Å². The van der Waals surface area contributed by atoms with E-state index in [0.717, 1.165) is 0 Å². The lowest BCUT2D eigenvalue weighted by molar-refractivity contribution is -0.139. The van der Waals surface area contributed by atoms with E-state index in [1.165, 1.54) is 24.3 Å². The number of nitrogens with one attached hydrogen (secondary N) is 4. The Morgan fingerprint density at radius 1 is 0.810 bits per heavy atom. The van der Waals surface area contributed by atoms with Crippen LogP contribution in [0.25, 0.3) is 0 Å². The first-order chi connectivity index (χ1) is 19.5. The van der Waals surface area contributed by atoms with Gasteiger partial charge in [-0.3, -0.25) is 25.0 Å². The molecule has 0 saturated carbocycles. The standard InChI is InChI=1S/C29H37N5O8/c1-28(2,3)41-26(39)33-25(34-27(40)42-29(4,5)6)32-20-14-10-13-19(15-20)23(37)30-17-31-24(38)21(16-22(35)36)18-11-8-7-9-12-18/h7-15,21H,16-17H2,1-6H3,(H,30,37)(H,31,38)(H,35,36)(H2,32,33,34,39,40). The minimum absolute atomic E-state index is 0.157. The van der Waals surface area contributed by atoms with E-state index in [4.69, 9.17) is 9.47 Å². The molecule has 13 heteroatoms. The zero-order valence-electron chi connectivity index (χ0n) is 24.4. The van der Waals surface area contributed by atoms with Crippen LogP contribution in [0.3, 0.4) is 0 Å². The highest BCUT2D eigenvalue weighted by Crippen LogP contribution is 2.20. The number of hydrogen-bond acceptors (Lipinski definition) is 8. The normalized spacial score (nSPS) is 11.8. The second-order valence-electron chi connectivity index (χ2n) is 11.0. The summed E-state index contributed by atoms with van der Waals surface area (Å²) in [7, 11) is 0. The number of guanidine groups is 1. The van der Waals surface area contributed by atoms with Crippen molar-refractivity contribution in [1.82, 2.24) is 21.3 Å². The van der Waals surface area contributed by atoms with Gasteiger partial charge in [0.15, 0.2) is 0 Å². The molecule has 0 aliphatic heterocycles. The number of carboxylic acid groups (broad SMARTS) is 1. The number of benzene rings is 2. The first-order valence-electron chi connectivity index (χ1n) is 13.0. The van der Waals surface area contributed by atoms with Crippen LogP contribution >= 0.6 is 0 Å². The molecule has 0 heterocycles. The van der Waals surface area contributed by atoms with Gasteiger partial charge in [-0.1, -0.05) is 36.4 Å². The summed E-state index contributed by atoms with van der Waals surface area (Å²) < 4.78 is 10.5. The number of alkyl carbamates (subject to hydrolysis) is 2. The van der Waals surface area contributed by atoms with Crippen molar-refractivity contribution in [2.24, 2.45) is 4.99 Å². The summed E-state index contributed by atoms with van der Waals surface area (Å²) in [5.41, 5.74) is -0.749. The molecule has 2 aromatic carbocycles. The van der Waals surface area contributed by atoms with Gasteiger partial charge >= 0.3 is 18.2 Å². The third kappa shape index (κ3) is 12.5. The van der Waals surface area contributed by atoms with E-state index in [-0.39, 0.29) is 23.9 Å². The highest BCUT2D eigenvalue weighted by molar-refractivity contribution is 6.03. The summed E-state index contributed by atoms with van der Waals surface area (Å²) in [6.07, 6.45) is -2.17. The first-order valence-corrected chi connectivity index (χ1v) is 13.0. The molecule has 42 heavy (non-hydrogen) atoms. The highest BCUT2D eigenvalue weighted by Gasteiger charge is 2.24. The third-order valence-corrected chi connectivity index (χ3v) is 5.00. The van der Waals surface area contributed by atoms with Gasteiger partial charge in [0.25, 0.3) is 5.91 Å². The number of aliphatic carboxylic acids is 1. The number of hydrogen-bond donors (Lipinski definition) is 5. The molecule has 4 amide bonds. The van der Waals surface area contributed by atoms with E-state index in [1.807, 2.05) is 0 Å². The van der Waals surface area contributed by atoms with Crippen LogP contribution in [0.15, 0.2) is 59.6 Å². The van der Waals surface area contributed by atoms with Crippen molar-refractivity contribution in [3.8, 4) is 0 Å². The Morgan fingerprint density at radius 2 is 1.38 bits per heavy atom. The number of carbonyl (C=O) groups excluding carboxylic acids is 4. The summed E-state index contributed by atoms with van der Waals surface area (Å²) in [6, 6.07) is 14.4. The van der Waals surface area contributed by atoms with Crippen LogP contribution in [-0.4, -0.2) is 58.9 Å². The molecule has 0 bridgehead atoms. The summed E-state index contributed by atoms with van der Waals surface area (Å²) in [5, 5.41) is 19.0. The number of ether oxygens (including phenoxy) is 2. The fourth-order valence-corrected chi connectivity index (χ4v) is 3.39. The minimum atomic E-state index is -1.14. The molecule has 0 aliphatic rings. The summed E-state index contributed by atoms with van der Waals surface area (Å²) in [6.45, 7) is 9.75. The van der Waals surface area contributed by atoms with E-state index >= 15 is 0 Å².